The minimum absolute atomic E-state index is 0.199. The van der Waals surface area contributed by atoms with Crippen molar-refractivity contribution in [2.45, 2.75) is 57.3 Å². The van der Waals surface area contributed by atoms with E-state index in [4.69, 9.17) is 5.11 Å². The molecule has 0 amide bonds. The second-order valence-corrected chi connectivity index (χ2v) is 10.1. The van der Waals surface area contributed by atoms with Crippen LogP contribution in [0, 0.1) is 13.8 Å². The summed E-state index contributed by atoms with van der Waals surface area (Å²) >= 11 is 0. The van der Waals surface area contributed by atoms with E-state index in [0.717, 1.165) is 53.5 Å². The Kier molecular flexibility index (Phi) is 8.28. The topological polar surface area (TPSA) is 83.5 Å². The molecular formula is C27H31NO4S. The molecule has 0 heterocycles. The van der Waals surface area contributed by atoms with Gasteiger partial charge in [0.25, 0.3) is 10.0 Å². The summed E-state index contributed by atoms with van der Waals surface area (Å²) in [5.74, 6) is -0.763. The zero-order valence-corrected chi connectivity index (χ0v) is 20.0. The van der Waals surface area contributed by atoms with Gasteiger partial charge in [-0.15, -0.1) is 0 Å². The fourth-order valence-corrected chi connectivity index (χ4v) is 5.21. The quantitative estimate of drug-likeness (QED) is 0.323. The highest BCUT2D eigenvalue weighted by molar-refractivity contribution is 7.92. The van der Waals surface area contributed by atoms with Gasteiger partial charge in [-0.1, -0.05) is 55.3 Å². The highest BCUT2D eigenvalue weighted by Gasteiger charge is 2.18. The van der Waals surface area contributed by atoms with Crippen LogP contribution in [-0.4, -0.2) is 19.5 Å². The standard InChI is InChI=1S/C27H31NO4S/c1-20-17-24(23-13-7-5-8-14-23)18-21(2)27(20)28-33(31,32)25-15-10-12-22(19-25)11-6-3-4-9-16-26(29)30/h5,7-8,10,12-15,17-19,28H,3-4,6,9,11,16H2,1-2H3,(H,29,30). The van der Waals surface area contributed by atoms with Crippen LogP contribution in [0.5, 0.6) is 0 Å². The van der Waals surface area contributed by atoms with Crippen LogP contribution in [0.2, 0.25) is 0 Å². The average Bonchev–Trinajstić information content (AvgIpc) is 2.79. The van der Waals surface area contributed by atoms with Gasteiger partial charge in [0.2, 0.25) is 0 Å². The Bertz CT molecular complexity index is 1180. The first kappa shape index (κ1) is 24.5. The molecule has 0 saturated carbocycles. The predicted molar refractivity (Wildman–Crippen MR) is 133 cm³/mol. The largest absolute Gasteiger partial charge is 0.481 e. The van der Waals surface area contributed by atoms with Gasteiger partial charge in [-0.3, -0.25) is 9.52 Å². The summed E-state index contributed by atoms with van der Waals surface area (Å²) in [5, 5.41) is 8.70. The van der Waals surface area contributed by atoms with E-state index in [2.05, 4.69) is 4.72 Å². The number of carboxylic acids is 1. The molecule has 3 aromatic carbocycles. The number of benzene rings is 3. The SMILES string of the molecule is Cc1cc(-c2ccccc2)cc(C)c1NS(=O)(=O)c1cccc(CCCCCCC(=O)O)c1. The Morgan fingerprint density at radius 3 is 2.15 bits per heavy atom. The number of carboxylic acid groups (broad SMARTS) is 1. The molecule has 3 rings (SSSR count). The number of nitrogens with one attached hydrogen (secondary N) is 1. The van der Waals surface area contributed by atoms with Crippen molar-refractivity contribution < 1.29 is 18.3 Å². The van der Waals surface area contributed by atoms with Gasteiger partial charge in [0, 0.05) is 6.42 Å². The lowest BCUT2D eigenvalue weighted by Crippen LogP contribution is -2.15. The number of hydrogen-bond donors (Lipinski definition) is 2. The van der Waals surface area contributed by atoms with Gasteiger partial charge in [-0.2, -0.15) is 0 Å². The van der Waals surface area contributed by atoms with E-state index in [1.807, 2.05) is 62.4 Å². The first-order valence-electron chi connectivity index (χ1n) is 11.3. The average molecular weight is 466 g/mol. The molecular weight excluding hydrogens is 434 g/mol. The van der Waals surface area contributed by atoms with E-state index in [1.165, 1.54) is 0 Å². The Morgan fingerprint density at radius 2 is 1.48 bits per heavy atom. The van der Waals surface area contributed by atoms with Crippen molar-refractivity contribution in [2.75, 3.05) is 4.72 Å². The molecule has 0 bridgehead atoms. The third kappa shape index (κ3) is 6.93. The van der Waals surface area contributed by atoms with Crippen LogP contribution in [-0.2, 0) is 21.2 Å². The van der Waals surface area contributed by atoms with E-state index >= 15 is 0 Å². The van der Waals surface area contributed by atoms with E-state index in [1.54, 1.807) is 18.2 Å². The lowest BCUT2D eigenvalue weighted by Gasteiger charge is -2.16. The van der Waals surface area contributed by atoms with E-state index in [-0.39, 0.29) is 11.3 Å². The second kappa shape index (κ2) is 11.1. The number of rotatable bonds is 11. The lowest BCUT2D eigenvalue weighted by molar-refractivity contribution is -0.137. The summed E-state index contributed by atoms with van der Waals surface area (Å²) < 4.78 is 29.0. The van der Waals surface area contributed by atoms with Crippen LogP contribution in [0.4, 0.5) is 5.69 Å². The van der Waals surface area contributed by atoms with Gasteiger partial charge in [0.1, 0.15) is 0 Å². The van der Waals surface area contributed by atoms with Crippen molar-refractivity contribution >= 4 is 21.7 Å². The van der Waals surface area contributed by atoms with Crippen molar-refractivity contribution in [1.82, 2.24) is 0 Å². The number of anilines is 1. The molecule has 0 unspecified atom stereocenters. The summed E-state index contributed by atoms with van der Waals surface area (Å²) in [6.07, 6.45) is 4.33. The van der Waals surface area contributed by atoms with Crippen LogP contribution in [0.25, 0.3) is 11.1 Å². The zero-order valence-electron chi connectivity index (χ0n) is 19.2. The van der Waals surface area contributed by atoms with Crippen LogP contribution < -0.4 is 4.72 Å². The van der Waals surface area contributed by atoms with Crippen LogP contribution in [0.1, 0.15) is 48.8 Å². The predicted octanol–water partition coefficient (Wildman–Crippen LogP) is 6.35. The maximum absolute atomic E-state index is 13.1. The number of unbranched alkanes of at least 4 members (excludes halogenated alkanes) is 3. The minimum Gasteiger partial charge on any atom is -0.481 e. The van der Waals surface area contributed by atoms with Gasteiger partial charge in [-0.25, -0.2) is 8.42 Å². The van der Waals surface area contributed by atoms with Crippen molar-refractivity contribution in [3.63, 3.8) is 0 Å². The number of hydrogen-bond acceptors (Lipinski definition) is 3. The normalized spacial score (nSPS) is 11.3. The van der Waals surface area contributed by atoms with Gasteiger partial charge in [0.15, 0.2) is 0 Å². The molecule has 0 spiro atoms. The van der Waals surface area contributed by atoms with Crippen LogP contribution in [0.3, 0.4) is 0 Å². The molecule has 3 aromatic rings. The summed E-state index contributed by atoms with van der Waals surface area (Å²) in [6, 6.07) is 21.1. The summed E-state index contributed by atoms with van der Waals surface area (Å²) in [7, 11) is -3.72. The molecule has 0 fully saturated rings. The highest BCUT2D eigenvalue weighted by atomic mass is 32.2. The summed E-state index contributed by atoms with van der Waals surface area (Å²) in [4.78, 5) is 10.8. The maximum Gasteiger partial charge on any atom is 0.303 e. The monoisotopic (exact) mass is 465 g/mol. The fraction of sp³-hybridized carbons (Fsp3) is 0.296. The smallest absolute Gasteiger partial charge is 0.303 e. The van der Waals surface area contributed by atoms with Crippen molar-refractivity contribution in [3.8, 4) is 11.1 Å². The molecule has 0 radical (unpaired) electrons. The molecule has 6 heteroatoms. The van der Waals surface area contributed by atoms with Crippen LogP contribution >= 0.6 is 0 Å². The molecule has 0 saturated heterocycles. The summed E-state index contributed by atoms with van der Waals surface area (Å²) in [6.45, 7) is 3.83. The maximum atomic E-state index is 13.1. The molecule has 0 atom stereocenters. The third-order valence-electron chi connectivity index (χ3n) is 5.69. The molecule has 2 N–H and O–H groups in total. The molecule has 5 nitrogen and oxygen atoms in total. The third-order valence-corrected chi connectivity index (χ3v) is 7.04. The number of sulfonamides is 1. The molecule has 174 valence electrons. The van der Waals surface area contributed by atoms with Gasteiger partial charge in [-0.05, 0) is 85.2 Å². The van der Waals surface area contributed by atoms with Crippen LogP contribution in [0.15, 0.2) is 71.6 Å². The van der Waals surface area contributed by atoms with Gasteiger partial charge in [0.05, 0.1) is 10.6 Å². The van der Waals surface area contributed by atoms with Gasteiger partial charge >= 0.3 is 5.97 Å². The first-order valence-corrected chi connectivity index (χ1v) is 12.7. The Labute approximate surface area is 196 Å². The molecule has 33 heavy (non-hydrogen) atoms. The second-order valence-electron chi connectivity index (χ2n) is 8.41. The Balaban J connectivity index is 1.69. The number of carbonyl (C=O) groups is 1. The molecule has 0 aliphatic heterocycles. The van der Waals surface area contributed by atoms with E-state index in [9.17, 15) is 13.2 Å². The molecule has 0 aliphatic carbocycles. The van der Waals surface area contributed by atoms with Crippen molar-refractivity contribution in [3.05, 3.63) is 83.4 Å². The minimum atomic E-state index is -3.72. The Hall–Kier alpha value is -3.12. The Morgan fingerprint density at radius 1 is 0.818 bits per heavy atom. The number of aryl methyl sites for hydroxylation is 3. The van der Waals surface area contributed by atoms with Gasteiger partial charge < -0.3 is 5.11 Å². The molecule has 0 aliphatic rings. The lowest BCUT2D eigenvalue weighted by atomic mass is 9.99. The fourth-order valence-electron chi connectivity index (χ4n) is 3.94. The summed E-state index contributed by atoms with van der Waals surface area (Å²) in [5.41, 5.74) is 5.46. The van der Waals surface area contributed by atoms with Crippen molar-refractivity contribution in [2.24, 2.45) is 0 Å². The van der Waals surface area contributed by atoms with E-state index in [0.29, 0.717) is 12.1 Å². The zero-order chi connectivity index (χ0) is 23.8. The highest BCUT2D eigenvalue weighted by Crippen LogP contribution is 2.30. The number of aliphatic carboxylic acids is 1. The first-order chi connectivity index (χ1) is 15.8. The van der Waals surface area contributed by atoms with Crippen molar-refractivity contribution in [1.29, 1.82) is 0 Å². The van der Waals surface area contributed by atoms with E-state index < -0.39 is 16.0 Å². The molecule has 0 aromatic heterocycles.